The van der Waals surface area contributed by atoms with E-state index in [0.717, 1.165) is 0 Å². The van der Waals surface area contributed by atoms with Gasteiger partial charge in [-0.3, -0.25) is 4.90 Å². The highest BCUT2D eigenvalue weighted by molar-refractivity contribution is 4.84. The molecule has 0 aromatic heterocycles. The van der Waals surface area contributed by atoms with E-state index in [9.17, 15) is 4.39 Å². The van der Waals surface area contributed by atoms with Crippen LogP contribution >= 0.6 is 0 Å². The first-order valence-electron chi connectivity index (χ1n) is 5.01. The molecule has 0 spiro atoms. The summed E-state index contributed by atoms with van der Waals surface area (Å²) in [6.45, 7) is 7.06. The molecule has 0 bridgehead atoms. The average Bonchev–Trinajstić information content (AvgIpc) is 2.27. The summed E-state index contributed by atoms with van der Waals surface area (Å²) in [6, 6.07) is 0.168. The van der Waals surface area contributed by atoms with Gasteiger partial charge < -0.3 is 9.47 Å². The molecule has 0 radical (unpaired) electrons. The van der Waals surface area contributed by atoms with Crippen molar-refractivity contribution in [1.29, 1.82) is 0 Å². The lowest BCUT2D eigenvalue weighted by Gasteiger charge is -2.34. The van der Waals surface area contributed by atoms with E-state index in [0.29, 0.717) is 13.2 Å². The Hall–Kier alpha value is -0.190. The second kappa shape index (κ2) is 4.55. The maximum Gasteiger partial charge on any atom is 0.177 e. The van der Waals surface area contributed by atoms with Crippen LogP contribution in [0.25, 0.3) is 0 Å². The Bertz CT molecular complexity index is 189. The van der Waals surface area contributed by atoms with Crippen LogP contribution in [0.3, 0.4) is 0 Å². The van der Waals surface area contributed by atoms with Crippen molar-refractivity contribution in [2.24, 2.45) is 0 Å². The third-order valence-corrected chi connectivity index (χ3v) is 2.70. The first-order chi connectivity index (χ1) is 6.48. The molecule has 0 amide bonds. The van der Waals surface area contributed by atoms with Crippen LogP contribution in [-0.2, 0) is 9.47 Å². The SMILES string of the molecule is COC1(C)COCC(F)N(C(C)C)C1. The second-order valence-corrected chi connectivity index (χ2v) is 4.37. The molecule has 1 saturated heterocycles. The lowest BCUT2D eigenvalue weighted by Crippen LogP contribution is -2.48. The van der Waals surface area contributed by atoms with Crippen molar-refractivity contribution in [1.82, 2.24) is 4.90 Å². The van der Waals surface area contributed by atoms with Crippen LogP contribution in [0.15, 0.2) is 0 Å². The number of alkyl halides is 1. The number of nitrogens with zero attached hydrogens (tertiary/aromatic N) is 1. The summed E-state index contributed by atoms with van der Waals surface area (Å²) in [5, 5.41) is 0. The Kier molecular flexibility index (Phi) is 3.86. The van der Waals surface area contributed by atoms with Crippen molar-refractivity contribution >= 4 is 0 Å². The van der Waals surface area contributed by atoms with Crippen LogP contribution in [0.4, 0.5) is 4.39 Å². The van der Waals surface area contributed by atoms with E-state index in [4.69, 9.17) is 9.47 Å². The van der Waals surface area contributed by atoms with E-state index < -0.39 is 11.9 Å². The molecule has 3 nitrogen and oxygen atoms in total. The quantitative estimate of drug-likeness (QED) is 0.636. The predicted octanol–water partition coefficient (Wildman–Crippen LogP) is 1.43. The fraction of sp³-hybridized carbons (Fsp3) is 1.00. The van der Waals surface area contributed by atoms with Crippen LogP contribution in [0, 0.1) is 0 Å². The second-order valence-electron chi connectivity index (χ2n) is 4.37. The largest absolute Gasteiger partial charge is 0.375 e. The molecule has 1 aliphatic heterocycles. The van der Waals surface area contributed by atoms with Crippen LogP contribution in [0.5, 0.6) is 0 Å². The highest BCUT2D eigenvalue weighted by Crippen LogP contribution is 2.21. The average molecular weight is 205 g/mol. The van der Waals surface area contributed by atoms with Crippen LogP contribution < -0.4 is 0 Å². The molecule has 2 atom stereocenters. The molecule has 1 rings (SSSR count). The van der Waals surface area contributed by atoms with E-state index in [1.54, 1.807) is 12.0 Å². The molecule has 0 aromatic carbocycles. The molecule has 1 fully saturated rings. The van der Waals surface area contributed by atoms with Gasteiger partial charge in [0.1, 0.15) is 5.60 Å². The van der Waals surface area contributed by atoms with Gasteiger partial charge in [0.2, 0.25) is 0 Å². The van der Waals surface area contributed by atoms with E-state index in [1.165, 1.54) is 0 Å². The summed E-state index contributed by atoms with van der Waals surface area (Å²) in [6.07, 6.45) is -1.02. The minimum atomic E-state index is -1.02. The maximum absolute atomic E-state index is 13.6. The number of ether oxygens (including phenoxy) is 2. The summed E-state index contributed by atoms with van der Waals surface area (Å²) in [7, 11) is 1.64. The van der Waals surface area contributed by atoms with Gasteiger partial charge in [-0.05, 0) is 20.8 Å². The molecular weight excluding hydrogens is 185 g/mol. The van der Waals surface area contributed by atoms with E-state index >= 15 is 0 Å². The zero-order valence-corrected chi connectivity index (χ0v) is 9.42. The fourth-order valence-corrected chi connectivity index (χ4v) is 1.63. The number of hydrogen-bond acceptors (Lipinski definition) is 3. The Morgan fingerprint density at radius 2 is 2.21 bits per heavy atom. The normalized spacial score (nSPS) is 36.0. The van der Waals surface area contributed by atoms with Gasteiger partial charge in [0.05, 0.1) is 13.2 Å². The number of rotatable bonds is 2. The highest BCUT2D eigenvalue weighted by Gasteiger charge is 2.35. The van der Waals surface area contributed by atoms with Gasteiger partial charge in [0.15, 0.2) is 6.30 Å². The molecule has 2 unspecified atom stereocenters. The predicted molar refractivity (Wildman–Crippen MR) is 53.0 cm³/mol. The highest BCUT2D eigenvalue weighted by atomic mass is 19.1. The molecule has 4 heteroatoms. The first kappa shape index (κ1) is 11.9. The molecule has 84 valence electrons. The summed E-state index contributed by atoms with van der Waals surface area (Å²) < 4.78 is 24.2. The number of hydrogen-bond donors (Lipinski definition) is 0. The van der Waals surface area contributed by atoms with E-state index in [2.05, 4.69) is 0 Å². The van der Waals surface area contributed by atoms with Crippen LogP contribution in [0.2, 0.25) is 0 Å². The van der Waals surface area contributed by atoms with Gasteiger partial charge in [0.25, 0.3) is 0 Å². The Morgan fingerprint density at radius 3 is 2.71 bits per heavy atom. The summed E-state index contributed by atoms with van der Waals surface area (Å²) >= 11 is 0. The third kappa shape index (κ3) is 2.65. The number of halogens is 1. The molecule has 0 aliphatic carbocycles. The molecule has 0 saturated carbocycles. The van der Waals surface area contributed by atoms with Crippen molar-refractivity contribution < 1.29 is 13.9 Å². The molecule has 1 heterocycles. The molecule has 0 N–H and O–H groups in total. The monoisotopic (exact) mass is 205 g/mol. The summed E-state index contributed by atoms with van der Waals surface area (Å²) in [5.41, 5.74) is -0.398. The van der Waals surface area contributed by atoms with Gasteiger partial charge in [-0.15, -0.1) is 0 Å². The topological polar surface area (TPSA) is 21.7 Å². The van der Waals surface area contributed by atoms with Gasteiger partial charge in [0, 0.05) is 19.7 Å². The maximum atomic E-state index is 13.6. The van der Waals surface area contributed by atoms with Crippen molar-refractivity contribution in [3.05, 3.63) is 0 Å². The van der Waals surface area contributed by atoms with Crippen molar-refractivity contribution in [3.63, 3.8) is 0 Å². The van der Waals surface area contributed by atoms with Crippen molar-refractivity contribution in [3.8, 4) is 0 Å². The molecule has 0 aromatic rings. The zero-order valence-electron chi connectivity index (χ0n) is 9.42. The van der Waals surface area contributed by atoms with Gasteiger partial charge in [-0.2, -0.15) is 0 Å². The fourth-order valence-electron chi connectivity index (χ4n) is 1.63. The lowest BCUT2D eigenvalue weighted by molar-refractivity contribution is -0.0581. The number of methoxy groups -OCH3 is 1. The minimum absolute atomic E-state index is 0.136. The first-order valence-corrected chi connectivity index (χ1v) is 5.01. The summed E-state index contributed by atoms with van der Waals surface area (Å²) in [4.78, 5) is 1.77. The summed E-state index contributed by atoms with van der Waals surface area (Å²) in [5.74, 6) is 0. The van der Waals surface area contributed by atoms with E-state index in [-0.39, 0.29) is 12.6 Å². The standard InChI is InChI=1S/C10H20FNO2/c1-8(2)12-6-10(3,13-4)7-14-5-9(12)11/h8-9H,5-7H2,1-4H3. The van der Waals surface area contributed by atoms with Crippen molar-refractivity contribution in [2.75, 3.05) is 26.9 Å². The Morgan fingerprint density at radius 1 is 1.57 bits per heavy atom. The zero-order chi connectivity index (χ0) is 10.8. The van der Waals surface area contributed by atoms with Crippen molar-refractivity contribution in [2.45, 2.75) is 38.7 Å². The van der Waals surface area contributed by atoms with Gasteiger partial charge in [-0.25, -0.2) is 4.39 Å². The smallest absolute Gasteiger partial charge is 0.177 e. The van der Waals surface area contributed by atoms with Gasteiger partial charge in [-0.1, -0.05) is 0 Å². The Balaban J connectivity index is 2.72. The molecule has 1 aliphatic rings. The van der Waals surface area contributed by atoms with E-state index in [1.807, 2.05) is 20.8 Å². The van der Waals surface area contributed by atoms with Crippen LogP contribution in [0.1, 0.15) is 20.8 Å². The molecular formula is C10H20FNO2. The molecule has 14 heavy (non-hydrogen) atoms. The Labute approximate surface area is 85.2 Å². The third-order valence-electron chi connectivity index (χ3n) is 2.70. The minimum Gasteiger partial charge on any atom is -0.375 e. The van der Waals surface area contributed by atoms with Crippen LogP contribution in [-0.4, -0.2) is 49.7 Å². The lowest BCUT2D eigenvalue weighted by atomic mass is 10.1. The van der Waals surface area contributed by atoms with Gasteiger partial charge >= 0.3 is 0 Å².